The molecule has 19 heavy (non-hydrogen) atoms. The van der Waals surface area contributed by atoms with Gasteiger partial charge in [-0.1, -0.05) is 0 Å². The van der Waals surface area contributed by atoms with E-state index in [1.54, 1.807) is 0 Å². The van der Waals surface area contributed by atoms with Crippen molar-refractivity contribution in [1.82, 2.24) is 9.21 Å². The highest BCUT2D eigenvalue weighted by Crippen LogP contribution is 2.20. The molecule has 0 radical (unpaired) electrons. The summed E-state index contributed by atoms with van der Waals surface area (Å²) in [6.45, 7) is 0.927. The van der Waals surface area contributed by atoms with Crippen molar-refractivity contribution in [1.29, 1.82) is 0 Å². The van der Waals surface area contributed by atoms with Crippen LogP contribution in [0.3, 0.4) is 0 Å². The molecule has 0 amide bonds. The van der Waals surface area contributed by atoms with E-state index in [-0.39, 0.29) is 25.6 Å². The van der Waals surface area contributed by atoms with E-state index in [9.17, 15) is 17.2 Å². The Morgan fingerprint density at radius 1 is 1.47 bits per heavy atom. The van der Waals surface area contributed by atoms with Crippen molar-refractivity contribution in [3.63, 3.8) is 0 Å². The topological polar surface area (TPSA) is 60.9 Å². The number of alkyl halides is 2. The molecule has 1 saturated heterocycles. The van der Waals surface area contributed by atoms with Gasteiger partial charge < -0.3 is 5.11 Å². The normalized spacial score (nSPS) is 22.3. The first-order chi connectivity index (χ1) is 8.82. The third kappa shape index (κ3) is 6.11. The van der Waals surface area contributed by atoms with E-state index in [2.05, 4.69) is 0 Å². The van der Waals surface area contributed by atoms with Crippen LogP contribution < -0.4 is 0 Å². The van der Waals surface area contributed by atoms with Crippen molar-refractivity contribution in [2.75, 3.05) is 45.6 Å². The lowest BCUT2D eigenvalue weighted by Gasteiger charge is -2.34. The lowest BCUT2D eigenvalue weighted by molar-refractivity contribution is 0.0637. The minimum atomic E-state index is -3.21. The molecule has 1 unspecified atom stereocenters. The predicted molar refractivity (Wildman–Crippen MR) is 68.7 cm³/mol. The first-order valence-electron chi connectivity index (χ1n) is 6.39. The van der Waals surface area contributed by atoms with Crippen LogP contribution in [0.25, 0.3) is 0 Å². The molecule has 1 fully saturated rings. The summed E-state index contributed by atoms with van der Waals surface area (Å²) in [7, 11) is -3.21. The second-order valence-electron chi connectivity index (χ2n) is 5.00. The molecule has 0 aromatic heterocycles. The van der Waals surface area contributed by atoms with Crippen LogP contribution >= 0.6 is 0 Å². The quantitative estimate of drug-likeness (QED) is 0.730. The second kappa shape index (κ2) is 7.47. The standard InChI is InChI=1S/C11H22F2N2O3S/c1-19(17,18)15-4-2-3-10(8-15)7-14(5-6-16)9-11(12)13/h10-11,16H,2-9H2,1H3. The minimum Gasteiger partial charge on any atom is -0.395 e. The Morgan fingerprint density at radius 2 is 2.16 bits per heavy atom. The minimum absolute atomic E-state index is 0.0498. The molecule has 1 N–H and O–H groups in total. The molecule has 0 bridgehead atoms. The smallest absolute Gasteiger partial charge is 0.251 e. The van der Waals surface area contributed by atoms with Crippen LogP contribution in [0, 0.1) is 5.92 Å². The Labute approximate surface area is 113 Å². The largest absolute Gasteiger partial charge is 0.395 e. The highest BCUT2D eigenvalue weighted by molar-refractivity contribution is 7.88. The van der Waals surface area contributed by atoms with Gasteiger partial charge in [0.1, 0.15) is 0 Å². The Balaban J connectivity index is 2.54. The monoisotopic (exact) mass is 300 g/mol. The summed E-state index contributed by atoms with van der Waals surface area (Å²) in [5.74, 6) is 0.0498. The van der Waals surface area contributed by atoms with E-state index in [0.717, 1.165) is 12.8 Å². The van der Waals surface area contributed by atoms with Crippen LogP contribution in [0.5, 0.6) is 0 Å². The summed E-state index contributed by atoms with van der Waals surface area (Å²) in [5.41, 5.74) is 0. The fourth-order valence-corrected chi connectivity index (χ4v) is 3.38. The van der Waals surface area contributed by atoms with Gasteiger partial charge in [0.15, 0.2) is 0 Å². The average molecular weight is 300 g/mol. The van der Waals surface area contributed by atoms with Gasteiger partial charge >= 0.3 is 0 Å². The van der Waals surface area contributed by atoms with Crippen molar-refractivity contribution < 1.29 is 22.3 Å². The molecule has 114 valence electrons. The Morgan fingerprint density at radius 3 is 2.68 bits per heavy atom. The predicted octanol–water partition coefficient (Wildman–Crippen LogP) is 0.217. The maximum absolute atomic E-state index is 12.4. The molecule has 0 spiro atoms. The van der Waals surface area contributed by atoms with Gasteiger partial charge in [0.05, 0.1) is 19.4 Å². The zero-order valence-corrected chi connectivity index (χ0v) is 12.0. The zero-order valence-electron chi connectivity index (χ0n) is 11.1. The van der Waals surface area contributed by atoms with Crippen LogP contribution in [-0.4, -0.2) is 74.7 Å². The fourth-order valence-electron chi connectivity index (χ4n) is 2.44. The molecule has 1 atom stereocenters. The third-order valence-corrected chi connectivity index (χ3v) is 4.55. The number of piperidine rings is 1. The van der Waals surface area contributed by atoms with Crippen LogP contribution in [0.4, 0.5) is 8.78 Å². The van der Waals surface area contributed by atoms with Crippen LogP contribution in [0.1, 0.15) is 12.8 Å². The number of aliphatic hydroxyl groups is 1. The van der Waals surface area contributed by atoms with Gasteiger partial charge in [0.25, 0.3) is 6.43 Å². The summed E-state index contributed by atoms with van der Waals surface area (Å²) in [5, 5.41) is 8.87. The number of halogens is 2. The number of sulfonamides is 1. The van der Waals surface area contributed by atoms with Crippen molar-refractivity contribution in [3.8, 4) is 0 Å². The number of hydrogen-bond donors (Lipinski definition) is 1. The molecule has 0 aromatic carbocycles. The lowest BCUT2D eigenvalue weighted by Crippen LogP contribution is -2.44. The van der Waals surface area contributed by atoms with Crippen molar-refractivity contribution >= 4 is 10.0 Å². The molecule has 0 aliphatic carbocycles. The zero-order chi connectivity index (χ0) is 14.5. The molecule has 1 aliphatic rings. The van der Waals surface area contributed by atoms with Crippen LogP contribution in [0.2, 0.25) is 0 Å². The second-order valence-corrected chi connectivity index (χ2v) is 6.99. The fraction of sp³-hybridized carbons (Fsp3) is 1.00. The molecule has 0 saturated carbocycles. The maximum Gasteiger partial charge on any atom is 0.251 e. The van der Waals surface area contributed by atoms with Gasteiger partial charge in [-0.3, -0.25) is 4.90 Å². The average Bonchev–Trinajstić information content (AvgIpc) is 2.27. The Bertz CT molecular complexity index is 365. The first kappa shape index (κ1) is 16.7. The summed E-state index contributed by atoms with van der Waals surface area (Å²) in [6, 6.07) is 0. The molecule has 1 heterocycles. The van der Waals surface area contributed by atoms with E-state index < -0.39 is 16.4 Å². The van der Waals surface area contributed by atoms with E-state index in [1.165, 1.54) is 15.5 Å². The number of hydrogen-bond acceptors (Lipinski definition) is 4. The molecule has 0 aromatic rings. The third-order valence-electron chi connectivity index (χ3n) is 3.28. The molecule has 8 heteroatoms. The van der Waals surface area contributed by atoms with Gasteiger partial charge in [-0.2, -0.15) is 0 Å². The lowest BCUT2D eigenvalue weighted by atomic mass is 9.99. The first-order valence-corrected chi connectivity index (χ1v) is 8.24. The number of aliphatic hydroxyl groups excluding tert-OH is 1. The molecule has 5 nitrogen and oxygen atoms in total. The summed E-state index contributed by atoms with van der Waals surface area (Å²) >= 11 is 0. The molecular weight excluding hydrogens is 278 g/mol. The van der Waals surface area contributed by atoms with E-state index in [4.69, 9.17) is 5.11 Å². The van der Waals surface area contributed by atoms with Gasteiger partial charge in [0, 0.05) is 26.2 Å². The van der Waals surface area contributed by atoms with E-state index >= 15 is 0 Å². The van der Waals surface area contributed by atoms with E-state index in [1.807, 2.05) is 0 Å². The van der Waals surface area contributed by atoms with Crippen molar-refractivity contribution in [2.45, 2.75) is 19.3 Å². The van der Waals surface area contributed by atoms with Gasteiger partial charge in [-0.25, -0.2) is 21.5 Å². The molecule has 1 rings (SSSR count). The Hall–Kier alpha value is -0.310. The summed E-state index contributed by atoms with van der Waals surface area (Å²) in [6.07, 6.45) is 0.303. The number of nitrogens with zero attached hydrogens (tertiary/aromatic N) is 2. The van der Waals surface area contributed by atoms with Crippen molar-refractivity contribution in [3.05, 3.63) is 0 Å². The van der Waals surface area contributed by atoms with Crippen LogP contribution in [0.15, 0.2) is 0 Å². The summed E-state index contributed by atoms with van der Waals surface area (Å²) in [4.78, 5) is 1.50. The van der Waals surface area contributed by atoms with Crippen LogP contribution in [-0.2, 0) is 10.0 Å². The van der Waals surface area contributed by atoms with E-state index in [0.29, 0.717) is 19.6 Å². The van der Waals surface area contributed by atoms with Gasteiger partial charge in [0.2, 0.25) is 10.0 Å². The number of rotatable bonds is 7. The SMILES string of the molecule is CS(=O)(=O)N1CCCC(CN(CCO)CC(F)F)C1. The molecule has 1 aliphatic heterocycles. The maximum atomic E-state index is 12.4. The Kier molecular flexibility index (Phi) is 6.58. The summed E-state index contributed by atoms with van der Waals surface area (Å²) < 4.78 is 49.1. The van der Waals surface area contributed by atoms with Crippen molar-refractivity contribution in [2.24, 2.45) is 5.92 Å². The molecular formula is C11H22F2N2O3S. The highest BCUT2D eigenvalue weighted by atomic mass is 32.2. The van der Waals surface area contributed by atoms with Gasteiger partial charge in [-0.05, 0) is 18.8 Å². The highest BCUT2D eigenvalue weighted by Gasteiger charge is 2.27. The van der Waals surface area contributed by atoms with Gasteiger partial charge in [-0.15, -0.1) is 0 Å².